The summed E-state index contributed by atoms with van der Waals surface area (Å²) < 4.78 is 0. The Morgan fingerprint density at radius 1 is 1.64 bits per heavy atom. The normalized spacial score (nSPS) is 24.6. The van der Waals surface area contributed by atoms with E-state index in [9.17, 15) is 4.79 Å². The second-order valence-corrected chi connectivity index (χ2v) is 4.03. The fraction of sp³-hybridized carbons (Fsp3) is 0.900. The van der Waals surface area contributed by atoms with Crippen LogP contribution in [0.4, 0.5) is 4.79 Å². The maximum atomic E-state index is 11.8. The molecule has 0 aromatic rings. The van der Waals surface area contributed by atoms with Gasteiger partial charge in [0.15, 0.2) is 0 Å². The molecule has 4 nitrogen and oxygen atoms in total. The van der Waals surface area contributed by atoms with Crippen molar-refractivity contribution >= 4 is 6.03 Å². The van der Waals surface area contributed by atoms with E-state index in [1.165, 1.54) is 0 Å². The first-order valence-electron chi connectivity index (χ1n) is 5.35. The van der Waals surface area contributed by atoms with E-state index in [2.05, 4.69) is 13.8 Å². The summed E-state index contributed by atoms with van der Waals surface area (Å²) in [7, 11) is 1.88. The highest BCUT2D eigenvalue weighted by atomic mass is 16.2. The van der Waals surface area contributed by atoms with Crippen LogP contribution in [0.2, 0.25) is 0 Å². The van der Waals surface area contributed by atoms with E-state index in [1.54, 1.807) is 0 Å². The van der Waals surface area contributed by atoms with E-state index in [0.717, 1.165) is 19.4 Å². The van der Waals surface area contributed by atoms with Crippen LogP contribution in [0.25, 0.3) is 0 Å². The zero-order valence-electron chi connectivity index (χ0n) is 9.36. The molecule has 1 fully saturated rings. The van der Waals surface area contributed by atoms with Crippen molar-refractivity contribution in [1.29, 1.82) is 0 Å². The quantitative estimate of drug-likeness (QED) is 0.730. The van der Waals surface area contributed by atoms with Crippen molar-refractivity contribution in [3.8, 4) is 0 Å². The molecule has 1 rings (SSSR count). The average Bonchev–Trinajstić information content (AvgIpc) is 2.44. The van der Waals surface area contributed by atoms with Crippen molar-refractivity contribution < 1.29 is 4.79 Å². The van der Waals surface area contributed by atoms with Crippen LogP contribution >= 0.6 is 0 Å². The Morgan fingerprint density at radius 2 is 2.29 bits per heavy atom. The van der Waals surface area contributed by atoms with Gasteiger partial charge >= 0.3 is 6.03 Å². The molecule has 0 saturated carbocycles. The smallest absolute Gasteiger partial charge is 0.320 e. The van der Waals surface area contributed by atoms with Gasteiger partial charge in [-0.25, -0.2) is 4.79 Å². The highest BCUT2D eigenvalue weighted by molar-refractivity contribution is 5.77. The zero-order valence-corrected chi connectivity index (χ0v) is 9.36. The van der Waals surface area contributed by atoms with E-state index in [-0.39, 0.29) is 12.1 Å². The van der Waals surface area contributed by atoms with Gasteiger partial charge in [0.1, 0.15) is 0 Å². The Balaban J connectivity index is 2.60. The predicted molar refractivity (Wildman–Crippen MR) is 57.1 cm³/mol. The van der Waals surface area contributed by atoms with Gasteiger partial charge < -0.3 is 15.5 Å². The summed E-state index contributed by atoms with van der Waals surface area (Å²) in [5, 5.41) is 0. The van der Waals surface area contributed by atoms with Gasteiger partial charge in [-0.05, 0) is 26.3 Å². The Labute approximate surface area is 86.0 Å². The minimum Gasteiger partial charge on any atom is -0.330 e. The first-order chi connectivity index (χ1) is 6.61. The van der Waals surface area contributed by atoms with Crippen molar-refractivity contribution in [1.82, 2.24) is 9.80 Å². The highest BCUT2D eigenvalue weighted by Gasteiger charge is 2.35. The SMILES string of the molecule is CCC1CN(C(C)CCN)C(=O)N1C. The largest absolute Gasteiger partial charge is 0.330 e. The van der Waals surface area contributed by atoms with Crippen LogP contribution in [0.3, 0.4) is 0 Å². The van der Waals surface area contributed by atoms with Gasteiger partial charge in [-0.2, -0.15) is 0 Å². The van der Waals surface area contributed by atoms with E-state index < -0.39 is 0 Å². The topological polar surface area (TPSA) is 49.6 Å². The number of carbonyl (C=O) groups is 1. The molecular formula is C10H21N3O. The van der Waals surface area contributed by atoms with Gasteiger partial charge in [0, 0.05) is 19.6 Å². The Hall–Kier alpha value is -0.770. The van der Waals surface area contributed by atoms with E-state index in [0.29, 0.717) is 12.6 Å². The maximum absolute atomic E-state index is 11.8. The first kappa shape index (κ1) is 11.3. The van der Waals surface area contributed by atoms with Crippen molar-refractivity contribution in [3.63, 3.8) is 0 Å². The third-order valence-electron chi connectivity index (χ3n) is 3.09. The Morgan fingerprint density at radius 3 is 2.71 bits per heavy atom. The minimum absolute atomic E-state index is 0.151. The third kappa shape index (κ3) is 2.00. The average molecular weight is 199 g/mol. The van der Waals surface area contributed by atoms with E-state index in [4.69, 9.17) is 5.73 Å². The molecule has 0 bridgehead atoms. The minimum atomic E-state index is 0.151. The molecule has 0 radical (unpaired) electrons. The molecule has 1 aliphatic rings. The fourth-order valence-corrected chi connectivity index (χ4v) is 1.95. The summed E-state index contributed by atoms with van der Waals surface area (Å²) in [5.41, 5.74) is 5.49. The number of amides is 2. The second-order valence-electron chi connectivity index (χ2n) is 4.03. The lowest BCUT2D eigenvalue weighted by molar-refractivity contribution is 0.182. The van der Waals surface area contributed by atoms with E-state index in [1.807, 2.05) is 16.8 Å². The van der Waals surface area contributed by atoms with Crippen LogP contribution in [-0.4, -0.2) is 48.1 Å². The molecule has 2 atom stereocenters. The molecule has 0 aliphatic carbocycles. The number of nitrogens with two attached hydrogens (primary N) is 1. The van der Waals surface area contributed by atoms with Crippen LogP contribution < -0.4 is 5.73 Å². The molecule has 1 heterocycles. The molecule has 4 heteroatoms. The van der Waals surface area contributed by atoms with Gasteiger partial charge in [-0.1, -0.05) is 6.92 Å². The zero-order chi connectivity index (χ0) is 10.7. The van der Waals surface area contributed by atoms with Crippen LogP contribution in [0.1, 0.15) is 26.7 Å². The van der Waals surface area contributed by atoms with Crippen LogP contribution in [-0.2, 0) is 0 Å². The second kappa shape index (κ2) is 4.64. The number of rotatable bonds is 4. The first-order valence-corrected chi connectivity index (χ1v) is 5.35. The van der Waals surface area contributed by atoms with Crippen molar-refractivity contribution in [2.45, 2.75) is 38.8 Å². The molecule has 0 spiro atoms. The number of urea groups is 1. The molecule has 2 amide bonds. The third-order valence-corrected chi connectivity index (χ3v) is 3.09. The molecular weight excluding hydrogens is 178 g/mol. The molecule has 2 N–H and O–H groups in total. The number of likely N-dealkylation sites (N-methyl/N-ethyl adjacent to an activating group) is 1. The molecule has 0 aromatic heterocycles. The lowest BCUT2D eigenvalue weighted by Crippen LogP contribution is -2.37. The van der Waals surface area contributed by atoms with Crippen LogP contribution in [0, 0.1) is 0 Å². The van der Waals surface area contributed by atoms with Gasteiger partial charge in [0.25, 0.3) is 0 Å². The van der Waals surface area contributed by atoms with Gasteiger partial charge in [-0.3, -0.25) is 0 Å². The predicted octanol–water partition coefficient (Wildman–Crippen LogP) is 0.870. The summed E-state index contributed by atoms with van der Waals surface area (Å²) in [4.78, 5) is 15.6. The van der Waals surface area contributed by atoms with E-state index >= 15 is 0 Å². The van der Waals surface area contributed by atoms with Gasteiger partial charge in [-0.15, -0.1) is 0 Å². The lowest BCUT2D eigenvalue weighted by atomic mass is 10.2. The molecule has 14 heavy (non-hydrogen) atoms. The monoisotopic (exact) mass is 199 g/mol. The molecule has 1 saturated heterocycles. The molecule has 0 aromatic carbocycles. The summed E-state index contributed by atoms with van der Waals surface area (Å²) in [6.07, 6.45) is 1.91. The molecule has 1 aliphatic heterocycles. The molecule has 82 valence electrons. The number of carbonyl (C=O) groups excluding carboxylic acids is 1. The highest BCUT2D eigenvalue weighted by Crippen LogP contribution is 2.19. The summed E-state index contributed by atoms with van der Waals surface area (Å²) in [6, 6.07) is 0.798. The summed E-state index contributed by atoms with van der Waals surface area (Å²) in [6.45, 7) is 5.68. The Kier molecular flexibility index (Phi) is 3.75. The summed E-state index contributed by atoms with van der Waals surface area (Å²) >= 11 is 0. The van der Waals surface area contributed by atoms with Crippen molar-refractivity contribution in [2.75, 3.05) is 20.1 Å². The maximum Gasteiger partial charge on any atom is 0.320 e. The summed E-state index contributed by atoms with van der Waals surface area (Å²) in [5.74, 6) is 0. The number of hydrogen-bond acceptors (Lipinski definition) is 2. The van der Waals surface area contributed by atoms with Crippen LogP contribution in [0.5, 0.6) is 0 Å². The Bertz CT molecular complexity index is 208. The standard InChI is InChI=1S/C10H21N3O/c1-4-9-7-13(8(2)5-6-11)10(14)12(9)3/h8-9H,4-7,11H2,1-3H3. The van der Waals surface area contributed by atoms with Crippen molar-refractivity contribution in [3.05, 3.63) is 0 Å². The fourth-order valence-electron chi connectivity index (χ4n) is 1.95. The number of hydrogen-bond donors (Lipinski definition) is 1. The lowest BCUT2D eigenvalue weighted by Gasteiger charge is -2.23. The van der Waals surface area contributed by atoms with Crippen molar-refractivity contribution in [2.24, 2.45) is 5.73 Å². The van der Waals surface area contributed by atoms with Gasteiger partial charge in [0.05, 0.1) is 6.04 Å². The van der Waals surface area contributed by atoms with Crippen LogP contribution in [0.15, 0.2) is 0 Å². The molecule has 2 unspecified atom stereocenters. The number of nitrogens with zero attached hydrogens (tertiary/aromatic N) is 2. The van der Waals surface area contributed by atoms with Gasteiger partial charge in [0.2, 0.25) is 0 Å².